The summed E-state index contributed by atoms with van der Waals surface area (Å²) in [5.41, 5.74) is 4.24. The molecular weight excluding hydrogens is 636 g/mol. The summed E-state index contributed by atoms with van der Waals surface area (Å²) in [6.07, 6.45) is 0. The summed E-state index contributed by atoms with van der Waals surface area (Å²) in [6, 6.07) is 81.4. The van der Waals surface area contributed by atoms with Gasteiger partial charge in [0.1, 0.15) is 22.3 Å². The molecule has 0 unspecified atom stereocenters. The van der Waals surface area contributed by atoms with Crippen LogP contribution in [0, 0.1) is 0 Å². The largest absolute Gasteiger partial charge is 0.148 e. The fraction of sp³-hybridized carbons (Fsp3) is 0. The Hall–Kier alpha value is -4.07. The molecule has 7 aromatic carbocycles. The fourth-order valence-corrected chi connectivity index (χ4v) is 54.8. The Bertz CT molecular complexity index is 1990. The molecule has 0 fully saturated rings. The molecule has 1 radical (unpaired) electrons. The van der Waals surface area contributed by atoms with Gasteiger partial charge in [-0.05, 0) is 5.56 Å². The van der Waals surface area contributed by atoms with Crippen molar-refractivity contribution in [2.75, 3.05) is 0 Å². The predicted molar refractivity (Wildman–Crippen MR) is 214 cm³/mol. The Morgan fingerprint density at radius 3 is 0.875 bits per heavy atom. The molecule has 48 heavy (non-hydrogen) atoms. The second-order valence-electron chi connectivity index (χ2n) is 12.4. The summed E-state index contributed by atoms with van der Waals surface area (Å²) < 4.78 is 0. The summed E-state index contributed by atoms with van der Waals surface area (Å²) >= 11 is 0. The van der Waals surface area contributed by atoms with Crippen LogP contribution in [0.25, 0.3) is 5.20 Å². The van der Waals surface area contributed by atoms with E-state index >= 15 is 0 Å². The third kappa shape index (κ3) is 4.80. The minimum Gasteiger partial charge on any atom is -0.0873 e. The van der Waals surface area contributed by atoms with E-state index in [1.807, 2.05) is 0 Å². The van der Waals surface area contributed by atoms with Crippen LogP contribution in [0.3, 0.4) is 0 Å². The molecule has 0 atom stereocenters. The number of hydrogen-bond acceptors (Lipinski definition) is 0. The molecule has 1 heterocycles. The van der Waals surface area contributed by atoms with Crippen LogP contribution in [-0.4, -0.2) is 51.8 Å². The van der Waals surface area contributed by atoms with Crippen molar-refractivity contribution in [2.24, 2.45) is 0 Å². The van der Waals surface area contributed by atoms with Crippen LogP contribution in [0.1, 0.15) is 5.56 Å². The third-order valence-electron chi connectivity index (χ3n) is 10.3. The molecule has 7 aromatic rings. The van der Waals surface area contributed by atoms with E-state index in [-0.39, 0.29) is 29.6 Å². The molecule has 1 aliphatic heterocycles. The van der Waals surface area contributed by atoms with Gasteiger partial charge in [0.25, 0.3) is 0 Å². The number of hydrogen-bond donors (Lipinski definition) is 0. The molecule has 4 heteroatoms. The molecular formula is C44H36NaSi3. The molecule has 0 N–H and O–H groups in total. The summed E-state index contributed by atoms with van der Waals surface area (Å²) in [4.78, 5) is 0. The summed E-state index contributed by atoms with van der Waals surface area (Å²) in [6.45, 7) is 0. The van der Waals surface area contributed by atoms with Crippen LogP contribution >= 0.6 is 0 Å². The van der Waals surface area contributed by atoms with E-state index < -0.39 is 22.3 Å². The van der Waals surface area contributed by atoms with E-state index in [9.17, 15) is 0 Å². The van der Waals surface area contributed by atoms with E-state index in [0.717, 1.165) is 0 Å². The molecule has 0 saturated carbocycles. The molecule has 0 spiro atoms. The van der Waals surface area contributed by atoms with Crippen molar-refractivity contribution in [1.82, 2.24) is 0 Å². The minimum atomic E-state index is -2.97. The Morgan fingerprint density at radius 1 is 0.271 bits per heavy atom. The Kier molecular flexibility index (Phi) is 9.34. The Labute approximate surface area is 309 Å². The molecule has 0 bridgehead atoms. The average molecular weight is 672 g/mol. The van der Waals surface area contributed by atoms with Crippen molar-refractivity contribution in [3.8, 4) is 0 Å². The van der Waals surface area contributed by atoms with Crippen molar-refractivity contribution in [3.63, 3.8) is 0 Å². The van der Waals surface area contributed by atoms with E-state index in [0.29, 0.717) is 0 Å². The van der Waals surface area contributed by atoms with Crippen LogP contribution in [0.4, 0.5) is 0 Å². The second kappa shape index (κ2) is 13.8. The van der Waals surface area contributed by atoms with Gasteiger partial charge in [0.05, 0.1) is 0 Å². The van der Waals surface area contributed by atoms with Gasteiger partial charge in [0.15, 0.2) is 0 Å². The quantitative estimate of drug-likeness (QED) is 0.190. The van der Waals surface area contributed by atoms with Gasteiger partial charge in [-0.1, -0.05) is 254 Å². The molecule has 0 aliphatic carbocycles. The maximum absolute atomic E-state index is 2.97. The summed E-state index contributed by atoms with van der Waals surface area (Å²) in [5, 5.41) is 10.5. The third-order valence-corrected chi connectivity index (χ3v) is 44.2. The van der Waals surface area contributed by atoms with Crippen molar-refractivity contribution in [1.29, 1.82) is 0 Å². The molecule has 0 amide bonds. The van der Waals surface area contributed by atoms with Crippen LogP contribution < -0.4 is 31.1 Å². The van der Waals surface area contributed by atoms with Crippen molar-refractivity contribution < 1.29 is 0 Å². The van der Waals surface area contributed by atoms with Gasteiger partial charge in [0.2, 0.25) is 0 Å². The van der Waals surface area contributed by atoms with Crippen molar-refractivity contribution >= 4 is 88.2 Å². The summed E-state index contributed by atoms with van der Waals surface area (Å²) in [5.74, 6) is 0. The fourth-order valence-electron chi connectivity index (χ4n) is 8.74. The standard InChI is InChI=1S/C44H36Si3.Na/c1-8-22-37(23-9-1)44-36-45(38-24-10-2-11-25-38,39-26-12-3-13-27-39)47(42-32-18-6-19-33-42,43-34-20-7-21-35-43)46(44,40-28-14-4-15-29-40)41-30-16-5-17-31-41;/h1-36H;. The molecule has 0 saturated heterocycles. The zero-order valence-corrected chi connectivity index (χ0v) is 32.3. The van der Waals surface area contributed by atoms with Gasteiger partial charge < -0.3 is 0 Å². The monoisotopic (exact) mass is 671 g/mol. The predicted octanol–water partition coefficient (Wildman–Crippen LogP) is 5.73. The van der Waals surface area contributed by atoms with Crippen molar-refractivity contribution in [2.45, 2.75) is 0 Å². The van der Waals surface area contributed by atoms with E-state index in [2.05, 4.69) is 218 Å². The maximum Gasteiger partial charge on any atom is 0.148 e. The van der Waals surface area contributed by atoms with E-state index in [4.69, 9.17) is 0 Å². The van der Waals surface area contributed by atoms with E-state index in [1.165, 1.54) is 36.7 Å². The smallest absolute Gasteiger partial charge is 0.0873 e. The molecule has 8 rings (SSSR count). The van der Waals surface area contributed by atoms with Crippen LogP contribution in [0.15, 0.2) is 218 Å². The molecule has 225 valence electrons. The van der Waals surface area contributed by atoms with Crippen LogP contribution in [0.2, 0.25) is 0 Å². The first-order chi connectivity index (χ1) is 23.3. The van der Waals surface area contributed by atoms with Gasteiger partial charge in [-0.15, -0.1) is 0 Å². The number of benzene rings is 7. The number of rotatable bonds is 7. The van der Waals surface area contributed by atoms with Gasteiger partial charge in [-0.3, -0.25) is 0 Å². The topological polar surface area (TPSA) is 0 Å². The van der Waals surface area contributed by atoms with Gasteiger partial charge in [0, 0.05) is 29.6 Å². The second-order valence-corrected chi connectivity index (χ2v) is 32.0. The summed E-state index contributed by atoms with van der Waals surface area (Å²) in [7, 11) is -8.78. The molecule has 1 aliphatic rings. The minimum absolute atomic E-state index is 0. The van der Waals surface area contributed by atoms with Crippen molar-refractivity contribution in [3.05, 3.63) is 224 Å². The molecule has 0 nitrogen and oxygen atoms in total. The Morgan fingerprint density at radius 2 is 0.542 bits per heavy atom. The van der Waals surface area contributed by atoms with E-state index in [1.54, 1.807) is 5.20 Å². The van der Waals surface area contributed by atoms with Gasteiger partial charge in [-0.25, -0.2) is 0 Å². The zero-order chi connectivity index (χ0) is 31.6. The van der Waals surface area contributed by atoms with Crippen LogP contribution in [-0.2, 0) is 0 Å². The van der Waals surface area contributed by atoms with Gasteiger partial charge >= 0.3 is 0 Å². The van der Waals surface area contributed by atoms with Gasteiger partial charge in [-0.2, -0.15) is 0 Å². The zero-order valence-electron chi connectivity index (χ0n) is 27.3. The first kappa shape index (κ1) is 32.5. The normalized spacial score (nSPS) is 15.5. The first-order valence-electron chi connectivity index (χ1n) is 16.5. The average Bonchev–Trinajstić information content (AvgIpc) is 3.48. The SMILES string of the molecule is C1=C(c2ccccc2)[Si](c2ccccc2)(c2ccccc2)[Si](c2ccccc2)(c2ccccc2)[Si]1(c1ccccc1)c1ccccc1.[Na]. The maximum atomic E-state index is 2.89. The molecule has 0 aromatic heterocycles. The van der Waals surface area contributed by atoms with Crippen LogP contribution in [0.5, 0.6) is 0 Å². The first-order valence-corrected chi connectivity index (χ1v) is 24.5. The Balaban J connectivity index is 0.00000364.